The Morgan fingerprint density at radius 3 is 0.833 bits per heavy atom. The molecule has 0 aliphatic heterocycles. The average molecular weight is 732 g/mol. The van der Waals surface area contributed by atoms with Crippen molar-refractivity contribution in [1.82, 2.24) is 6.15 Å². The van der Waals surface area contributed by atoms with Gasteiger partial charge in [0.05, 0.1) is 0 Å². The molecule has 6 heavy (non-hydrogen) atoms. The van der Waals surface area contributed by atoms with Crippen LogP contribution in [0.3, 0.4) is 0 Å². The van der Waals surface area contributed by atoms with E-state index in [1.54, 1.807) is 0 Å². The van der Waals surface area contributed by atoms with E-state index in [4.69, 9.17) is 0 Å². The van der Waals surface area contributed by atoms with Crippen LogP contribution in [0.4, 0.5) is 0 Å². The molecule has 0 aromatic carbocycles. The van der Waals surface area contributed by atoms with Gasteiger partial charge in [0.25, 0.3) is 0 Å². The second-order valence-electron chi connectivity index (χ2n) is 0.429. The van der Waals surface area contributed by atoms with Gasteiger partial charge in [-0.25, -0.2) is 0 Å². The zero-order valence-corrected chi connectivity index (χ0v) is 15.2. The minimum atomic E-state index is -1.40. The van der Waals surface area contributed by atoms with Gasteiger partial charge in [-0.1, -0.05) is 0 Å². The van der Waals surface area contributed by atoms with Crippen molar-refractivity contribution in [2.45, 2.75) is 0 Å². The third-order valence-corrected chi connectivity index (χ3v) is 0. The molecule has 0 aliphatic carbocycles. The van der Waals surface area contributed by atoms with Crippen molar-refractivity contribution in [1.29, 1.82) is 0 Å². The number of rotatable bonds is 0. The van der Waals surface area contributed by atoms with E-state index in [9.17, 15) is 0 Å². The zero-order chi connectivity index (χ0) is 4.50. The van der Waals surface area contributed by atoms with E-state index < -0.39 is 4.00 Å². The molecule has 0 amide bonds. The molecule has 0 aromatic heterocycles. The fourth-order valence-corrected chi connectivity index (χ4v) is 0. The molecule has 1 nitrogen and oxygen atoms in total. The first-order valence-electron chi connectivity index (χ1n) is 0.756. The minimum absolute atomic E-state index is 0. The summed E-state index contributed by atoms with van der Waals surface area (Å²) in [5.74, 6) is 0. The van der Waals surface area contributed by atoms with Crippen molar-refractivity contribution in [3.05, 3.63) is 0 Å². The Hall–Kier alpha value is 3.80. The Labute approximate surface area is 78.2 Å². The molecular weight excluding hydrogens is 729 g/mol. The van der Waals surface area contributed by atoms with Gasteiger partial charge < -0.3 is 6.15 Å². The zero-order valence-electron chi connectivity index (χ0n) is 2.72. The van der Waals surface area contributed by atoms with Crippen molar-refractivity contribution in [2.24, 2.45) is 0 Å². The monoisotopic (exact) mass is 733 g/mol. The molecule has 0 atom stereocenters. The average Bonchev–Trinajstić information content (AvgIpc) is 0.722. The predicted molar refractivity (Wildman–Crippen MR) is 66.9 cm³/mol. The Bertz CT molecular complexity index is 23.0. The quantitative estimate of drug-likeness (QED) is 0.302. The van der Waals surface area contributed by atoms with Crippen molar-refractivity contribution >= 4 is 75.0 Å². The second-order valence-corrected chi connectivity index (χ2v) is 169. The van der Waals surface area contributed by atoms with Crippen LogP contribution in [0.15, 0.2) is 0 Å². The van der Waals surface area contributed by atoms with Crippen molar-refractivity contribution in [3.63, 3.8) is 0 Å². The first-order chi connectivity index (χ1) is 2.00. The third-order valence-electron chi connectivity index (χ3n) is 0. The van der Waals surface area contributed by atoms with E-state index in [2.05, 4.69) is 71.0 Å². The maximum absolute atomic E-state index is 2.56. The molecule has 3 N–H and O–H groups in total. The molecule has 40 valence electrons. The Morgan fingerprint density at radius 1 is 0.833 bits per heavy atom. The standard InChI is InChI=1S/4HI.H3N.Pb/h4*1H;1H3;/q;;;;;+4/p-4. The fraction of sp³-hybridized carbons (Fsp3) is 0. The van der Waals surface area contributed by atoms with Crippen LogP contribution < -0.4 is 6.15 Å². The summed E-state index contributed by atoms with van der Waals surface area (Å²) in [6, 6.07) is 0. The maximum atomic E-state index is 2.56. The number of hydrogen-bond acceptors (Lipinski definition) is 1. The summed E-state index contributed by atoms with van der Waals surface area (Å²) in [6.45, 7) is 0. The van der Waals surface area contributed by atoms with Crippen LogP contribution in [0.2, 0.25) is 0 Å². The van der Waals surface area contributed by atoms with Crippen LogP contribution in [-0.4, -0.2) is 4.00 Å². The SMILES string of the molecule is N.[I][Pb]([I])([I])[I]. The molecule has 0 unspecified atom stereocenters. The summed E-state index contributed by atoms with van der Waals surface area (Å²) >= 11 is 10.2. The molecule has 0 saturated heterocycles. The summed E-state index contributed by atoms with van der Waals surface area (Å²) in [5.41, 5.74) is 0. The summed E-state index contributed by atoms with van der Waals surface area (Å²) < 4.78 is -1.40. The van der Waals surface area contributed by atoms with Crippen LogP contribution >= 0.6 is 71.0 Å². The Balaban J connectivity index is 0. The van der Waals surface area contributed by atoms with Gasteiger partial charge in [0, 0.05) is 0 Å². The van der Waals surface area contributed by atoms with Crippen molar-refractivity contribution in [3.8, 4) is 0 Å². The van der Waals surface area contributed by atoms with Crippen LogP contribution in [-0.2, 0) is 0 Å². The van der Waals surface area contributed by atoms with Crippen LogP contribution in [0.1, 0.15) is 0 Å². The number of halogens is 4. The number of hydrogen-bond donors (Lipinski definition) is 1. The van der Waals surface area contributed by atoms with Gasteiger partial charge in [-0.15, -0.1) is 0 Å². The molecule has 0 radical (unpaired) electrons. The molecular formula is H3I4NPb. The molecule has 0 fully saturated rings. The van der Waals surface area contributed by atoms with E-state index in [0.717, 1.165) is 0 Å². The van der Waals surface area contributed by atoms with E-state index in [1.165, 1.54) is 0 Å². The summed E-state index contributed by atoms with van der Waals surface area (Å²) in [7, 11) is 0. The van der Waals surface area contributed by atoms with Gasteiger partial charge in [0.2, 0.25) is 0 Å². The Kier molecular flexibility index (Phi) is 11.6. The first kappa shape index (κ1) is 12.5. The van der Waals surface area contributed by atoms with Crippen molar-refractivity contribution < 1.29 is 0 Å². The molecule has 0 bridgehead atoms. The van der Waals surface area contributed by atoms with Crippen LogP contribution in [0, 0.1) is 0 Å². The summed E-state index contributed by atoms with van der Waals surface area (Å²) in [5, 5.41) is 0. The van der Waals surface area contributed by atoms with E-state index in [1.807, 2.05) is 0 Å². The molecule has 0 heterocycles. The van der Waals surface area contributed by atoms with Gasteiger partial charge in [0.1, 0.15) is 0 Å². The normalized spacial score (nSPS) is 10.0. The third kappa shape index (κ3) is 25.0. The summed E-state index contributed by atoms with van der Waals surface area (Å²) in [4.78, 5) is 0. The molecule has 0 spiro atoms. The van der Waals surface area contributed by atoms with Crippen LogP contribution in [0.5, 0.6) is 0 Å². The Morgan fingerprint density at radius 2 is 0.833 bits per heavy atom. The van der Waals surface area contributed by atoms with Gasteiger partial charge in [-0.3, -0.25) is 0 Å². The molecule has 0 aliphatic rings. The van der Waals surface area contributed by atoms with E-state index in [-0.39, 0.29) is 6.15 Å². The van der Waals surface area contributed by atoms with E-state index in [0.29, 0.717) is 0 Å². The predicted octanol–water partition coefficient (Wildman–Crippen LogP) is 3.32. The van der Waals surface area contributed by atoms with E-state index >= 15 is 0 Å². The van der Waals surface area contributed by atoms with Gasteiger partial charge in [-0.2, -0.15) is 0 Å². The van der Waals surface area contributed by atoms with Crippen molar-refractivity contribution in [2.75, 3.05) is 0 Å². The van der Waals surface area contributed by atoms with Crippen LogP contribution in [0.25, 0.3) is 0 Å². The molecule has 0 aromatic rings. The first-order valence-corrected chi connectivity index (χ1v) is 44.5. The van der Waals surface area contributed by atoms with Gasteiger partial charge in [0.15, 0.2) is 0 Å². The second kappa shape index (κ2) is 5.58. The van der Waals surface area contributed by atoms with Gasteiger partial charge >= 0.3 is 75.0 Å². The fourth-order valence-electron chi connectivity index (χ4n) is 0. The topological polar surface area (TPSA) is 35.0 Å². The molecule has 6 heteroatoms. The van der Waals surface area contributed by atoms with Gasteiger partial charge in [-0.05, 0) is 0 Å². The molecule has 0 rings (SSSR count). The summed E-state index contributed by atoms with van der Waals surface area (Å²) in [6.07, 6.45) is 0. The molecule has 0 saturated carbocycles.